The largest absolute Gasteiger partial charge is 0.490 e. The molecule has 0 fully saturated rings. The Kier molecular flexibility index (Phi) is 6.02. The van der Waals surface area contributed by atoms with Crippen molar-refractivity contribution >= 4 is 5.97 Å². The summed E-state index contributed by atoms with van der Waals surface area (Å²) in [6, 6.07) is 2.36. The minimum absolute atomic E-state index is 0.0678. The number of carboxylic acid groups (broad SMARTS) is 1. The Hall–Kier alpha value is -1.76. The Balaban J connectivity index is 2.72. The summed E-state index contributed by atoms with van der Waals surface area (Å²) in [7, 11) is 0. The number of halogens is 3. The third-order valence-electron chi connectivity index (χ3n) is 2.47. The van der Waals surface area contributed by atoms with E-state index in [9.17, 15) is 18.0 Å². The first-order chi connectivity index (χ1) is 9.71. The molecule has 0 aliphatic heterocycles. The van der Waals surface area contributed by atoms with Crippen LogP contribution in [0.25, 0.3) is 0 Å². The van der Waals surface area contributed by atoms with Gasteiger partial charge < -0.3 is 14.6 Å². The summed E-state index contributed by atoms with van der Waals surface area (Å²) in [5.74, 6) is -1.23. The molecule has 1 aromatic carbocycles. The molecule has 1 N–H and O–H groups in total. The predicted octanol–water partition coefficient (Wildman–Crippen LogP) is 3.46. The highest BCUT2D eigenvalue weighted by Gasteiger charge is 2.32. The molecule has 0 heterocycles. The van der Waals surface area contributed by atoms with Crippen LogP contribution in [0.1, 0.15) is 29.8 Å². The fourth-order valence-electron chi connectivity index (χ4n) is 1.53. The van der Waals surface area contributed by atoms with Gasteiger partial charge in [0.05, 0.1) is 12.2 Å². The van der Waals surface area contributed by atoms with Crippen LogP contribution in [0.4, 0.5) is 13.2 Å². The van der Waals surface area contributed by atoms with Crippen molar-refractivity contribution in [3.05, 3.63) is 29.3 Å². The minimum Gasteiger partial charge on any atom is -0.490 e. The Labute approximate surface area is 120 Å². The van der Waals surface area contributed by atoms with Crippen LogP contribution in [-0.4, -0.2) is 30.9 Å². The number of carbonyl (C=O) groups is 1. The highest BCUT2D eigenvalue weighted by Crippen LogP contribution is 2.32. The third-order valence-corrected chi connectivity index (χ3v) is 2.47. The molecule has 0 spiro atoms. The van der Waals surface area contributed by atoms with Crippen molar-refractivity contribution < 1.29 is 32.5 Å². The van der Waals surface area contributed by atoms with Gasteiger partial charge in [-0.1, -0.05) is 13.8 Å². The molecule has 0 unspecified atom stereocenters. The van der Waals surface area contributed by atoms with Gasteiger partial charge in [0.15, 0.2) is 0 Å². The Morgan fingerprint density at radius 2 is 1.95 bits per heavy atom. The van der Waals surface area contributed by atoms with Gasteiger partial charge in [0, 0.05) is 6.61 Å². The van der Waals surface area contributed by atoms with E-state index in [0.717, 1.165) is 12.1 Å². The second kappa shape index (κ2) is 7.31. The molecule has 118 valence electrons. The van der Waals surface area contributed by atoms with E-state index in [1.54, 1.807) is 0 Å². The lowest BCUT2D eigenvalue weighted by molar-refractivity contribution is -0.137. The normalized spacial score (nSPS) is 11.7. The first-order valence-corrected chi connectivity index (χ1v) is 6.37. The van der Waals surface area contributed by atoms with Crippen LogP contribution in [0, 0.1) is 5.92 Å². The molecule has 0 saturated heterocycles. The Bertz CT molecular complexity index is 484. The van der Waals surface area contributed by atoms with Crippen molar-refractivity contribution in [2.45, 2.75) is 20.0 Å². The fraction of sp³-hybridized carbons (Fsp3) is 0.500. The summed E-state index contributed by atoms with van der Waals surface area (Å²) in [4.78, 5) is 11.0. The van der Waals surface area contributed by atoms with Crippen LogP contribution in [0.15, 0.2) is 18.2 Å². The van der Waals surface area contributed by atoms with Crippen LogP contribution in [-0.2, 0) is 10.9 Å². The van der Waals surface area contributed by atoms with E-state index < -0.39 is 23.3 Å². The topological polar surface area (TPSA) is 55.8 Å². The second-order valence-corrected chi connectivity index (χ2v) is 4.83. The lowest BCUT2D eigenvalue weighted by Crippen LogP contribution is -2.13. The van der Waals surface area contributed by atoms with Crippen molar-refractivity contribution in [2.75, 3.05) is 19.8 Å². The molecular formula is C14H17F3O4. The molecule has 4 nitrogen and oxygen atoms in total. The van der Waals surface area contributed by atoms with Gasteiger partial charge in [-0.25, -0.2) is 4.79 Å². The average molecular weight is 306 g/mol. The van der Waals surface area contributed by atoms with E-state index in [1.807, 2.05) is 13.8 Å². The van der Waals surface area contributed by atoms with Gasteiger partial charge >= 0.3 is 12.1 Å². The molecule has 1 aromatic rings. The van der Waals surface area contributed by atoms with E-state index in [2.05, 4.69) is 0 Å². The zero-order valence-electron chi connectivity index (χ0n) is 11.7. The molecule has 21 heavy (non-hydrogen) atoms. The molecule has 0 aliphatic rings. The molecule has 0 bridgehead atoms. The number of ether oxygens (including phenoxy) is 2. The number of benzene rings is 1. The van der Waals surface area contributed by atoms with Crippen LogP contribution in [0.2, 0.25) is 0 Å². The molecule has 7 heteroatoms. The van der Waals surface area contributed by atoms with Crippen LogP contribution in [0.3, 0.4) is 0 Å². The van der Waals surface area contributed by atoms with E-state index >= 15 is 0 Å². The van der Waals surface area contributed by atoms with E-state index in [0.29, 0.717) is 18.6 Å². The second-order valence-electron chi connectivity index (χ2n) is 4.83. The van der Waals surface area contributed by atoms with Crippen molar-refractivity contribution in [3.8, 4) is 5.75 Å². The molecule has 1 rings (SSSR count). The summed E-state index contributed by atoms with van der Waals surface area (Å²) in [6.07, 6.45) is -4.59. The summed E-state index contributed by atoms with van der Waals surface area (Å²) < 4.78 is 48.0. The number of hydrogen-bond acceptors (Lipinski definition) is 3. The Morgan fingerprint density at radius 3 is 2.48 bits per heavy atom. The molecule has 0 atom stereocenters. The maximum atomic E-state index is 12.5. The van der Waals surface area contributed by atoms with Crippen LogP contribution < -0.4 is 4.74 Å². The number of alkyl halides is 3. The van der Waals surface area contributed by atoms with Crippen molar-refractivity contribution in [1.29, 1.82) is 0 Å². The van der Waals surface area contributed by atoms with Crippen molar-refractivity contribution in [3.63, 3.8) is 0 Å². The zero-order chi connectivity index (χ0) is 16.0. The number of rotatable bonds is 7. The number of aromatic carboxylic acids is 1. The average Bonchev–Trinajstić information content (AvgIpc) is 2.36. The van der Waals surface area contributed by atoms with Gasteiger partial charge in [-0.2, -0.15) is 13.2 Å². The smallest absolute Gasteiger partial charge is 0.416 e. The van der Waals surface area contributed by atoms with Crippen molar-refractivity contribution in [2.24, 2.45) is 5.92 Å². The highest BCUT2D eigenvalue weighted by molar-refractivity contribution is 5.91. The summed E-state index contributed by atoms with van der Waals surface area (Å²) in [5.41, 5.74) is -1.54. The molecule has 0 aromatic heterocycles. The maximum absolute atomic E-state index is 12.5. The first-order valence-electron chi connectivity index (χ1n) is 6.37. The fourth-order valence-corrected chi connectivity index (χ4v) is 1.53. The summed E-state index contributed by atoms with van der Waals surface area (Å²) in [5, 5.41) is 8.95. The molecular weight excluding hydrogens is 289 g/mol. The quantitative estimate of drug-likeness (QED) is 0.784. The summed E-state index contributed by atoms with van der Waals surface area (Å²) in [6.45, 7) is 4.78. The lowest BCUT2D eigenvalue weighted by Gasteiger charge is -2.13. The number of hydrogen-bond donors (Lipinski definition) is 1. The molecule has 0 radical (unpaired) electrons. The minimum atomic E-state index is -4.59. The van der Waals surface area contributed by atoms with E-state index in [-0.39, 0.29) is 19.0 Å². The summed E-state index contributed by atoms with van der Waals surface area (Å²) >= 11 is 0. The van der Waals surface area contributed by atoms with Crippen LogP contribution in [0.5, 0.6) is 5.75 Å². The molecule has 0 saturated carbocycles. The standard InChI is InChI=1S/C14H17F3O4/c1-9(2)8-20-5-6-21-12-4-3-10(14(15,16)17)7-11(12)13(18)19/h3-4,7,9H,5-6,8H2,1-2H3,(H,18,19). The first kappa shape index (κ1) is 17.3. The van der Waals surface area contributed by atoms with E-state index in [1.165, 1.54) is 0 Å². The molecule has 0 amide bonds. The SMILES string of the molecule is CC(C)COCCOc1ccc(C(F)(F)F)cc1C(=O)O. The van der Waals surface area contributed by atoms with Gasteiger partial charge in [-0.05, 0) is 24.1 Å². The molecule has 0 aliphatic carbocycles. The van der Waals surface area contributed by atoms with Crippen LogP contribution >= 0.6 is 0 Å². The highest BCUT2D eigenvalue weighted by atomic mass is 19.4. The van der Waals surface area contributed by atoms with Gasteiger partial charge in [-0.15, -0.1) is 0 Å². The maximum Gasteiger partial charge on any atom is 0.416 e. The van der Waals surface area contributed by atoms with Gasteiger partial charge in [0.2, 0.25) is 0 Å². The lowest BCUT2D eigenvalue weighted by atomic mass is 10.1. The van der Waals surface area contributed by atoms with Gasteiger partial charge in [-0.3, -0.25) is 0 Å². The third kappa shape index (κ3) is 5.63. The van der Waals surface area contributed by atoms with Gasteiger partial charge in [0.1, 0.15) is 17.9 Å². The zero-order valence-corrected chi connectivity index (χ0v) is 11.7. The van der Waals surface area contributed by atoms with Gasteiger partial charge in [0.25, 0.3) is 0 Å². The number of carboxylic acids is 1. The predicted molar refractivity (Wildman–Crippen MR) is 69.6 cm³/mol. The monoisotopic (exact) mass is 306 g/mol. The van der Waals surface area contributed by atoms with Crippen molar-refractivity contribution in [1.82, 2.24) is 0 Å². The van der Waals surface area contributed by atoms with E-state index in [4.69, 9.17) is 14.6 Å². The Morgan fingerprint density at radius 1 is 1.29 bits per heavy atom.